The van der Waals surface area contributed by atoms with Gasteiger partial charge in [0.15, 0.2) is 17.3 Å². The quantitative estimate of drug-likeness (QED) is 0.635. The first-order chi connectivity index (χ1) is 12.2. The van der Waals surface area contributed by atoms with Gasteiger partial charge in [0.05, 0.1) is 12.7 Å². The zero-order valence-corrected chi connectivity index (χ0v) is 13.7. The number of allylic oxidation sites excluding steroid dienone is 1. The van der Waals surface area contributed by atoms with Crippen LogP contribution in [0.25, 0.3) is 17.2 Å². The number of hydrogen-bond donors (Lipinski definition) is 0. The molecule has 0 radical (unpaired) electrons. The average Bonchev–Trinajstić information content (AvgIpc) is 3.05. The number of rotatable bonds is 6. The minimum atomic E-state index is -1.06. The molecule has 0 saturated heterocycles. The molecular formula is C20H16N2O3. The zero-order valence-electron chi connectivity index (χ0n) is 13.7. The number of nitrogens with zero attached hydrogens (tertiary/aromatic N) is 2. The van der Waals surface area contributed by atoms with Crippen LogP contribution in [-0.2, 0) is 4.79 Å². The van der Waals surface area contributed by atoms with E-state index in [1.165, 1.54) is 6.08 Å². The molecule has 0 aliphatic rings. The first-order valence-corrected chi connectivity index (χ1v) is 7.91. The predicted molar refractivity (Wildman–Crippen MR) is 94.0 cm³/mol. The molecule has 0 aliphatic carbocycles. The number of para-hydroxylation sites is 2. The van der Waals surface area contributed by atoms with E-state index in [1.54, 1.807) is 18.2 Å². The van der Waals surface area contributed by atoms with Crippen molar-refractivity contribution in [3.63, 3.8) is 0 Å². The van der Waals surface area contributed by atoms with Crippen molar-refractivity contribution in [1.82, 2.24) is 4.98 Å². The van der Waals surface area contributed by atoms with Crippen LogP contribution in [-0.4, -0.2) is 17.4 Å². The second kappa shape index (κ2) is 7.45. The minimum absolute atomic E-state index is 0.116. The molecule has 5 heteroatoms. The summed E-state index contributed by atoms with van der Waals surface area (Å²) in [4.78, 5) is 16.6. The van der Waals surface area contributed by atoms with Crippen molar-refractivity contribution in [3.05, 3.63) is 66.1 Å². The molecule has 0 fully saturated rings. The Balaban J connectivity index is 1.77. The number of ketones is 1. The molecule has 0 saturated carbocycles. The molecule has 2 aromatic carbocycles. The van der Waals surface area contributed by atoms with Crippen LogP contribution in [0.4, 0.5) is 0 Å². The Labute approximate surface area is 145 Å². The summed E-state index contributed by atoms with van der Waals surface area (Å²) in [5.74, 6) is -0.549. The van der Waals surface area contributed by atoms with Gasteiger partial charge < -0.3 is 9.15 Å². The lowest BCUT2D eigenvalue weighted by atomic mass is 10.0. The standard InChI is InChI=1S/C20H16N2O3/c1-2-24-15-10-7-14(8-11-15)9-12-18(23)16(13-21)20-22-17-5-3-4-6-19(17)25-20/h3-12,16H,2H2,1H3/b12-9-/t16-/m1/s1. The van der Waals surface area contributed by atoms with E-state index in [0.717, 1.165) is 11.3 Å². The normalized spacial score (nSPS) is 12.2. The third-order valence-corrected chi connectivity index (χ3v) is 3.60. The number of aromatic nitrogens is 1. The van der Waals surface area contributed by atoms with Crippen LogP contribution in [0.1, 0.15) is 24.3 Å². The Morgan fingerprint density at radius 1 is 1.28 bits per heavy atom. The van der Waals surface area contributed by atoms with Gasteiger partial charge in [-0.2, -0.15) is 5.26 Å². The first-order valence-electron chi connectivity index (χ1n) is 7.91. The molecule has 124 valence electrons. The Bertz CT molecular complexity index is 916. The van der Waals surface area contributed by atoms with E-state index < -0.39 is 5.92 Å². The van der Waals surface area contributed by atoms with Gasteiger partial charge in [0.2, 0.25) is 5.89 Å². The molecular weight excluding hydrogens is 316 g/mol. The number of hydrogen-bond acceptors (Lipinski definition) is 5. The molecule has 0 unspecified atom stereocenters. The van der Waals surface area contributed by atoms with Crippen molar-refractivity contribution in [2.75, 3.05) is 6.61 Å². The minimum Gasteiger partial charge on any atom is -0.494 e. The Morgan fingerprint density at radius 2 is 2.04 bits per heavy atom. The fraction of sp³-hybridized carbons (Fsp3) is 0.150. The summed E-state index contributed by atoms with van der Waals surface area (Å²) in [5.41, 5.74) is 2.02. The van der Waals surface area contributed by atoms with Gasteiger partial charge >= 0.3 is 0 Å². The summed E-state index contributed by atoms with van der Waals surface area (Å²) < 4.78 is 10.9. The highest BCUT2D eigenvalue weighted by Crippen LogP contribution is 2.22. The molecule has 0 aliphatic heterocycles. The summed E-state index contributed by atoms with van der Waals surface area (Å²) in [5, 5.41) is 9.35. The molecule has 25 heavy (non-hydrogen) atoms. The maximum atomic E-state index is 12.4. The van der Waals surface area contributed by atoms with Crippen LogP contribution in [0, 0.1) is 11.3 Å². The third kappa shape index (κ3) is 3.75. The summed E-state index contributed by atoms with van der Waals surface area (Å²) in [6.07, 6.45) is 3.03. The highest BCUT2D eigenvalue weighted by atomic mass is 16.5. The van der Waals surface area contributed by atoms with Crippen molar-refractivity contribution in [2.24, 2.45) is 0 Å². The number of fused-ring (bicyclic) bond motifs is 1. The van der Waals surface area contributed by atoms with Crippen LogP contribution in [0.15, 0.2) is 59.0 Å². The summed E-state index contributed by atoms with van der Waals surface area (Å²) in [6.45, 7) is 2.52. The fourth-order valence-electron chi connectivity index (χ4n) is 2.37. The lowest BCUT2D eigenvalue weighted by Crippen LogP contribution is -2.08. The Morgan fingerprint density at radius 3 is 2.72 bits per heavy atom. The number of benzene rings is 2. The van der Waals surface area contributed by atoms with Gasteiger partial charge in [-0.25, -0.2) is 4.98 Å². The number of ether oxygens (including phenoxy) is 1. The molecule has 0 amide bonds. The number of nitriles is 1. The highest BCUT2D eigenvalue weighted by molar-refractivity contribution is 6.00. The van der Waals surface area contributed by atoms with Gasteiger partial charge in [-0.15, -0.1) is 0 Å². The van der Waals surface area contributed by atoms with Gasteiger partial charge in [0.25, 0.3) is 0 Å². The first kappa shape index (κ1) is 16.5. The molecule has 0 bridgehead atoms. The van der Waals surface area contributed by atoms with Crippen molar-refractivity contribution in [2.45, 2.75) is 12.8 Å². The van der Waals surface area contributed by atoms with Crippen LogP contribution in [0.3, 0.4) is 0 Å². The van der Waals surface area contributed by atoms with E-state index in [9.17, 15) is 10.1 Å². The summed E-state index contributed by atoms with van der Waals surface area (Å²) in [6, 6.07) is 16.5. The second-order valence-electron chi connectivity index (χ2n) is 5.32. The molecule has 3 rings (SSSR count). The van der Waals surface area contributed by atoms with Gasteiger partial charge in [-0.05, 0) is 42.8 Å². The van der Waals surface area contributed by atoms with E-state index in [1.807, 2.05) is 49.4 Å². The largest absolute Gasteiger partial charge is 0.494 e. The molecule has 1 aromatic heterocycles. The lowest BCUT2D eigenvalue weighted by molar-refractivity contribution is -0.115. The molecule has 3 aromatic rings. The van der Waals surface area contributed by atoms with Crippen LogP contribution in [0.2, 0.25) is 0 Å². The van der Waals surface area contributed by atoms with Gasteiger partial charge in [-0.1, -0.05) is 30.3 Å². The van der Waals surface area contributed by atoms with E-state index in [-0.39, 0.29) is 11.7 Å². The topological polar surface area (TPSA) is 76.1 Å². The molecule has 1 heterocycles. The zero-order chi connectivity index (χ0) is 17.6. The van der Waals surface area contributed by atoms with E-state index in [2.05, 4.69) is 4.98 Å². The average molecular weight is 332 g/mol. The van der Waals surface area contributed by atoms with Crippen molar-refractivity contribution in [3.8, 4) is 11.8 Å². The van der Waals surface area contributed by atoms with Crippen LogP contribution < -0.4 is 4.74 Å². The molecule has 5 nitrogen and oxygen atoms in total. The highest BCUT2D eigenvalue weighted by Gasteiger charge is 2.23. The summed E-state index contributed by atoms with van der Waals surface area (Å²) >= 11 is 0. The number of oxazole rings is 1. The smallest absolute Gasteiger partial charge is 0.220 e. The van der Waals surface area contributed by atoms with Gasteiger partial charge in [-0.3, -0.25) is 4.79 Å². The Hall–Kier alpha value is -3.39. The van der Waals surface area contributed by atoms with Gasteiger partial charge in [0.1, 0.15) is 11.3 Å². The summed E-state index contributed by atoms with van der Waals surface area (Å²) in [7, 11) is 0. The van der Waals surface area contributed by atoms with E-state index in [4.69, 9.17) is 9.15 Å². The van der Waals surface area contributed by atoms with E-state index in [0.29, 0.717) is 17.7 Å². The third-order valence-electron chi connectivity index (χ3n) is 3.60. The molecule has 0 spiro atoms. The SMILES string of the molecule is CCOc1ccc(/C=C\C(=O)[C@@H](C#N)c2nc3ccccc3o2)cc1. The second-order valence-corrected chi connectivity index (χ2v) is 5.32. The monoisotopic (exact) mass is 332 g/mol. The van der Waals surface area contributed by atoms with Gasteiger partial charge in [0, 0.05) is 0 Å². The number of carbonyl (C=O) groups excluding carboxylic acids is 1. The molecule has 1 atom stereocenters. The van der Waals surface area contributed by atoms with Crippen molar-refractivity contribution in [1.29, 1.82) is 5.26 Å². The van der Waals surface area contributed by atoms with Crippen molar-refractivity contribution < 1.29 is 13.9 Å². The predicted octanol–water partition coefficient (Wildman–Crippen LogP) is 4.12. The maximum absolute atomic E-state index is 12.4. The molecule has 0 N–H and O–H groups in total. The Kier molecular flexibility index (Phi) is 4.91. The lowest BCUT2D eigenvalue weighted by Gasteiger charge is -2.02. The van der Waals surface area contributed by atoms with Crippen LogP contribution in [0.5, 0.6) is 5.75 Å². The number of carbonyl (C=O) groups is 1. The van der Waals surface area contributed by atoms with Crippen molar-refractivity contribution >= 4 is 23.0 Å². The maximum Gasteiger partial charge on any atom is 0.220 e. The van der Waals surface area contributed by atoms with Crippen LogP contribution >= 0.6 is 0 Å². The fourth-order valence-corrected chi connectivity index (χ4v) is 2.37. The van der Waals surface area contributed by atoms with E-state index >= 15 is 0 Å².